The second-order valence-electron chi connectivity index (χ2n) is 11.2. The number of methoxy groups -OCH3 is 1. The van der Waals surface area contributed by atoms with Gasteiger partial charge in [-0.1, -0.05) is 50.0 Å². The Balaban J connectivity index is 2.08. The van der Waals surface area contributed by atoms with Crippen LogP contribution in [0.2, 0.25) is 10.0 Å². The quantitative estimate of drug-likeness (QED) is 0.349. The number of hydrogen-bond donors (Lipinski definition) is 0. The van der Waals surface area contributed by atoms with E-state index < -0.39 is 20.0 Å². The molecule has 0 aromatic heterocycles. The van der Waals surface area contributed by atoms with Crippen molar-refractivity contribution in [1.29, 1.82) is 0 Å². The second kappa shape index (κ2) is 11.2. The molecule has 1 saturated carbocycles. The molecule has 0 heterocycles. The summed E-state index contributed by atoms with van der Waals surface area (Å²) >= 11 is 12.8. The average Bonchev–Trinajstić information content (AvgIpc) is 3.53. The molecule has 1 amide bonds. The molecule has 2 aromatic rings. The molecule has 9 heteroatoms. The number of benzene rings is 2. The van der Waals surface area contributed by atoms with E-state index in [1.807, 2.05) is 47.7 Å². The first-order valence-corrected chi connectivity index (χ1v) is 14.7. The van der Waals surface area contributed by atoms with Crippen molar-refractivity contribution in [2.45, 2.75) is 56.7 Å². The third-order valence-electron chi connectivity index (χ3n) is 6.93. The van der Waals surface area contributed by atoms with Crippen LogP contribution in [0.3, 0.4) is 0 Å². The van der Waals surface area contributed by atoms with Crippen LogP contribution in [0.4, 0.5) is 5.69 Å². The number of amides is 1. The van der Waals surface area contributed by atoms with Crippen molar-refractivity contribution >= 4 is 44.6 Å². The number of sulfone groups is 1. The first-order chi connectivity index (χ1) is 17.2. The normalized spacial score (nSPS) is 19.9. The topological polar surface area (TPSA) is 66.9 Å². The van der Waals surface area contributed by atoms with Crippen LogP contribution in [0.25, 0.3) is 0 Å². The number of ether oxygens (including phenoxy) is 1. The number of carbonyl (C=O) groups is 1. The van der Waals surface area contributed by atoms with Crippen LogP contribution in [0, 0.1) is 11.3 Å². The second-order valence-corrected chi connectivity index (χ2v) is 14.2. The van der Waals surface area contributed by atoms with Gasteiger partial charge in [-0.3, -0.25) is 4.79 Å². The molecule has 0 N–H and O–H groups in total. The Labute approximate surface area is 231 Å². The lowest BCUT2D eigenvalue weighted by Gasteiger charge is -2.33. The molecular weight excluding hydrogens is 531 g/mol. The maximum Gasteiger partial charge on any atom is 0.232 e. The van der Waals surface area contributed by atoms with Gasteiger partial charge in [0, 0.05) is 36.7 Å². The van der Waals surface area contributed by atoms with Crippen molar-refractivity contribution in [3.8, 4) is 0 Å². The van der Waals surface area contributed by atoms with Gasteiger partial charge in [-0.25, -0.2) is 8.42 Å². The zero-order chi connectivity index (χ0) is 27.8. The molecule has 1 fully saturated rings. The summed E-state index contributed by atoms with van der Waals surface area (Å²) in [4.78, 5) is 17.2. The van der Waals surface area contributed by atoms with Crippen molar-refractivity contribution in [3.63, 3.8) is 0 Å². The van der Waals surface area contributed by atoms with Crippen molar-refractivity contribution in [2.24, 2.45) is 11.3 Å². The highest BCUT2D eigenvalue weighted by molar-refractivity contribution is 7.92. The number of hydrogen-bond acceptors (Lipinski definition) is 5. The molecular formula is C28H38Cl2N2O4S. The molecule has 0 saturated heterocycles. The monoisotopic (exact) mass is 568 g/mol. The SMILES string of the molecule is COCCN(C)CC1CC1(c1ccc(N(C(=O)C(C)(C)C)C(C)C)c(Cl)c1)S(=O)(=O)c1ccc(Cl)cc1. The van der Waals surface area contributed by atoms with Crippen LogP contribution in [0.15, 0.2) is 47.4 Å². The summed E-state index contributed by atoms with van der Waals surface area (Å²) in [6.45, 7) is 11.3. The van der Waals surface area contributed by atoms with Crippen LogP contribution in [-0.4, -0.2) is 59.1 Å². The third kappa shape index (κ3) is 6.01. The summed E-state index contributed by atoms with van der Waals surface area (Å²) in [5.41, 5.74) is 0.613. The van der Waals surface area contributed by atoms with Crippen LogP contribution in [0.1, 0.15) is 46.6 Å². The fraction of sp³-hybridized carbons (Fsp3) is 0.536. The molecule has 0 bridgehead atoms. The van der Waals surface area contributed by atoms with E-state index in [4.69, 9.17) is 27.9 Å². The Morgan fingerprint density at radius 3 is 2.27 bits per heavy atom. The highest BCUT2D eigenvalue weighted by Crippen LogP contribution is 2.61. The first kappa shape index (κ1) is 29.9. The summed E-state index contributed by atoms with van der Waals surface area (Å²) < 4.78 is 32.3. The molecule has 0 radical (unpaired) electrons. The largest absolute Gasteiger partial charge is 0.383 e. The van der Waals surface area contributed by atoms with Gasteiger partial charge in [0.2, 0.25) is 5.91 Å². The van der Waals surface area contributed by atoms with Gasteiger partial charge < -0.3 is 14.5 Å². The molecule has 0 aliphatic heterocycles. The van der Waals surface area contributed by atoms with Gasteiger partial charge in [-0.2, -0.15) is 0 Å². The molecule has 204 valence electrons. The van der Waals surface area contributed by atoms with Crippen molar-refractivity contribution in [3.05, 3.63) is 58.1 Å². The Hall–Kier alpha value is -1.64. The molecule has 2 unspecified atom stereocenters. The standard InChI is InChI=1S/C28H38Cl2N2O4S/c1-19(2)32(26(33)27(3,4)5)25-13-8-20(16-24(25)30)28(17-21(28)18-31(6)14-15-36-7)37(34,35)23-11-9-22(29)10-12-23/h8-13,16,19,21H,14-15,17-18H2,1-7H3. The fourth-order valence-electron chi connectivity index (χ4n) is 4.84. The van der Waals surface area contributed by atoms with Crippen LogP contribution < -0.4 is 4.90 Å². The maximum atomic E-state index is 14.1. The maximum absolute atomic E-state index is 14.1. The Bertz CT molecular complexity index is 1230. The molecule has 6 nitrogen and oxygen atoms in total. The van der Waals surface area contributed by atoms with Crippen molar-refractivity contribution in [1.82, 2.24) is 4.90 Å². The molecule has 2 atom stereocenters. The lowest BCUT2D eigenvalue weighted by molar-refractivity contribution is -0.126. The minimum Gasteiger partial charge on any atom is -0.383 e. The van der Waals surface area contributed by atoms with Gasteiger partial charge in [0.25, 0.3) is 0 Å². The van der Waals surface area contributed by atoms with Gasteiger partial charge in [0.1, 0.15) is 4.75 Å². The number of carbonyl (C=O) groups excluding carboxylic acids is 1. The highest BCUT2D eigenvalue weighted by atomic mass is 35.5. The Morgan fingerprint density at radius 2 is 1.76 bits per heavy atom. The zero-order valence-corrected chi connectivity index (χ0v) is 25.0. The summed E-state index contributed by atoms with van der Waals surface area (Å²) in [6.07, 6.45) is 0.472. The molecule has 1 aliphatic carbocycles. The summed E-state index contributed by atoms with van der Waals surface area (Å²) in [6, 6.07) is 11.5. The van der Waals surface area contributed by atoms with E-state index in [0.717, 1.165) is 0 Å². The number of halogens is 2. The lowest BCUT2D eigenvalue weighted by atomic mass is 9.93. The molecule has 3 rings (SSSR count). The lowest BCUT2D eigenvalue weighted by Crippen LogP contribution is -2.44. The fourth-order valence-corrected chi connectivity index (χ4v) is 7.53. The Kier molecular flexibility index (Phi) is 9.08. The predicted molar refractivity (Wildman–Crippen MR) is 151 cm³/mol. The highest BCUT2D eigenvalue weighted by Gasteiger charge is 2.65. The van der Waals surface area contributed by atoms with Gasteiger partial charge in [-0.15, -0.1) is 0 Å². The minimum atomic E-state index is -3.77. The number of rotatable bonds is 10. The smallest absolute Gasteiger partial charge is 0.232 e. The predicted octanol–water partition coefficient (Wildman–Crippen LogP) is 6.05. The van der Waals surface area contributed by atoms with E-state index in [-0.39, 0.29) is 22.8 Å². The Morgan fingerprint density at radius 1 is 1.14 bits per heavy atom. The van der Waals surface area contributed by atoms with Gasteiger partial charge >= 0.3 is 0 Å². The van der Waals surface area contributed by atoms with Gasteiger partial charge in [-0.05, 0) is 75.2 Å². The van der Waals surface area contributed by atoms with E-state index in [2.05, 4.69) is 4.90 Å². The van der Waals surface area contributed by atoms with Crippen LogP contribution in [0.5, 0.6) is 0 Å². The van der Waals surface area contributed by atoms with E-state index in [0.29, 0.717) is 47.4 Å². The first-order valence-electron chi connectivity index (χ1n) is 12.5. The zero-order valence-electron chi connectivity index (χ0n) is 22.7. The third-order valence-corrected chi connectivity index (χ3v) is 10.1. The van der Waals surface area contributed by atoms with E-state index in [1.54, 1.807) is 48.4 Å². The van der Waals surface area contributed by atoms with Gasteiger partial charge in [0.15, 0.2) is 9.84 Å². The van der Waals surface area contributed by atoms with E-state index in [1.165, 1.54) is 0 Å². The van der Waals surface area contributed by atoms with Crippen LogP contribution in [-0.2, 0) is 24.1 Å². The summed E-state index contributed by atoms with van der Waals surface area (Å²) in [5, 5.41) is 0.831. The van der Waals surface area contributed by atoms with Crippen molar-refractivity contribution < 1.29 is 17.9 Å². The number of likely N-dealkylation sites (N-methyl/N-ethyl adjacent to an activating group) is 1. The van der Waals surface area contributed by atoms with E-state index >= 15 is 0 Å². The molecule has 0 spiro atoms. The molecule has 2 aromatic carbocycles. The number of anilines is 1. The molecule has 37 heavy (non-hydrogen) atoms. The number of nitrogens with zero attached hydrogens (tertiary/aromatic N) is 2. The summed E-state index contributed by atoms with van der Waals surface area (Å²) in [5.74, 6) is -0.181. The minimum absolute atomic E-state index is 0.0512. The molecule has 1 aliphatic rings. The average molecular weight is 570 g/mol. The van der Waals surface area contributed by atoms with E-state index in [9.17, 15) is 13.2 Å². The van der Waals surface area contributed by atoms with Crippen LogP contribution >= 0.6 is 23.2 Å². The van der Waals surface area contributed by atoms with Crippen molar-refractivity contribution in [2.75, 3.05) is 38.8 Å². The van der Waals surface area contributed by atoms with Gasteiger partial charge in [0.05, 0.1) is 22.2 Å². The summed E-state index contributed by atoms with van der Waals surface area (Å²) in [7, 11) is -0.163.